The molecule has 1 aliphatic heterocycles. The minimum absolute atomic E-state index is 0.138. The van der Waals surface area contributed by atoms with Crippen molar-refractivity contribution in [2.24, 2.45) is 0 Å². The summed E-state index contributed by atoms with van der Waals surface area (Å²) >= 11 is 6.59. The zero-order valence-corrected chi connectivity index (χ0v) is 22.8. The van der Waals surface area contributed by atoms with Gasteiger partial charge in [-0.05, 0) is 48.4 Å². The Morgan fingerprint density at radius 1 is 0.971 bits per heavy atom. The number of aryl methyl sites for hydroxylation is 1. The van der Waals surface area contributed by atoms with Crippen LogP contribution in [0.15, 0.2) is 45.3 Å². The zero-order chi connectivity index (χ0) is 26.6. The van der Waals surface area contributed by atoms with Crippen LogP contribution in [0.1, 0.15) is 42.6 Å². The Kier molecular flexibility index (Phi) is 12.5. The van der Waals surface area contributed by atoms with Gasteiger partial charge in [-0.25, -0.2) is 0 Å². The first-order valence-corrected chi connectivity index (χ1v) is 11.7. The number of aldehydes is 1. The van der Waals surface area contributed by atoms with Crippen molar-refractivity contribution in [3.05, 3.63) is 56.5 Å². The number of aliphatic carboxylic acids is 1. The molecule has 11 heteroatoms. The Morgan fingerprint density at radius 3 is 1.94 bits per heavy atom. The molecule has 2 aromatic carbocycles. The van der Waals surface area contributed by atoms with Gasteiger partial charge in [0.05, 0.1) is 14.2 Å². The summed E-state index contributed by atoms with van der Waals surface area (Å²) < 4.78 is 21.1. The molecule has 9 nitrogen and oxygen atoms in total. The lowest BCUT2D eigenvalue weighted by Gasteiger charge is -2.28. The Morgan fingerprint density at radius 2 is 1.49 bits per heavy atom. The van der Waals surface area contributed by atoms with Crippen LogP contribution in [0, 0.1) is 0 Å². The van der Waals surface area contributed by atoms with Gasteiger partial charge in [0.15, 0.2) is 0 Å². The lowest BCUT2D eigenvalue weighted by Crippen LogP contribution is -2.39. The molecule has 1 saturated heterocycles. The molecule has 2 aromatic rings. The van der Waals surface area contributed by atoms with Gasteiger partial charge in [-0.15, -0.1) is 0 Å². The van der Waals surface area contributed by atoms with Gasteiger partial charge >= 0.3 is 17.9 Å². The highest BCUT2D eigenvalue weighted by molar-refractivity contribution is 9.10. The first kappa shape index (κ1) is 30.1. The van der Waals surface area contributed by atoms with E-state index in [-0.39, 0.29) is 12.8 Å². The highest BCUT2D eigenvalue weighted by Crippen LogP contribution is 2.22. The molecule has 190 valence electrons. The van der Waals surface area contributed by atoms with E-state index in [2.05, 4.69) is 41.3 Å². The standard InChI is InChI=1S/C10H11BrO3.C8H7BrO2.C6H8O4/c1-14-9-5-7(2-3-10(12)13)4-8(11)6-9;1-11-8-3-6(5-10)2-7(9)4-8;1-6(2)9-4(7)3-5(8)10-6/h4-6H,2-3H2,1H3,(H,12,13);2-5H,1H3;3H2,1-2H3. The third-order valence-corrected chi connectivity index (χ3v) is 4.98. The quantitative estimate of drug-likeness (QED) is 0.272. The summed E-state index contributed by atoms with van der Waals surface area (Å²) in [5, 5.41) is 8.53. The molecule has 0 saturated carbocycles. The number of ether oxygens (including phenoxy) is 4. The van der Waals surface area contributed by atoms with Gasteiger partial charge in [0.2, 0.25) is 0 Å². The second-order valence-corrected chi connectivity index (χ2v) is 9.29. The molecule has 0 atom stereocenters. The van der Waals surface area contributed by atoms with Gasteiger partial charge < -0.3 is 24.1 Å². The molecular formula is C24H26Br2O9. The highest BCUT2D eigenvalue weighted by Gasteiger charge is 2.34. The van der Waals surface area contributed by atoms with Crippen molar-refractivity contribution in [1.29, 1.82) is 0 Å². The molecule has 35 heavy (non-hydrogen) atoms. The molecule has 1 N–H and O–H groups in total. The Bertz CT molecular complexity index is 1030. The number of carbonyl (C=O) groups excluding carboxylic acids is 3. The van der Waals surface area contributed by atoms with Crippen molar-refractivity contribution in [2.45, 2.75) is 38.9 Å². The maximum atomic E-state index is 10.6. The maximum Gasteiger partial charge on any atom is 0.320 e. The fraction of sp³-hybridized carbons (Fsp3) is 0.333. The average molecular weight is 618 g/mol. The molecule has 0 aliphatic carbocycles. The topological polar surface area (TPSA) is 125 Å². The minimum atomic E-state index is -1.08. The van der Waals surface area contributed by atoms with Crippen molar-refractivity contribution in [1.82, 2.24) is 0 Å². The number of hydrogen-bond acceptors (Lipinski definition) is 8. The Labute approximate surface area is 220 Å². The normalized spacial score (nSPS) is 13.5. The van der Waals surface area contributed by atoms with Crippen LogP contribution in [0.3, 0.4) is 0 Å². The van der Waals surface area contributed by atoms with Crippen molar-refractivity contribution < 1.29 is 43.2 Å². The number of benzene rings is 2. The second-order valence-electron chi connectivity index (χ2n) is 7.46. The molecule has 1 heterocycles. The molecule has 0 radical (unpaired) electrons. The first-order valence-electron chi connectivity index (χ1n) is 10.2. The molecule has 0 aromatic heterocycles. The van der Waals surface area contributed by atoms with Gasteiger partial charge in [-0.2, -0.15) is 0 Å². The van der Waals surface area contributed by atoms with E-state index in [4.69, 9.17) is 14.6 Å². The van der Waals surface area contributed by atoms with Gasteiger partial charge in [-0.3, -0.25) is 19.2 Å². The number of esters is 2. The summed E-state index contributed by atoms with van der Waals surface area (Å²) in [5.74, 6) is -1.50. The van der Waals surface area contributed by atoms with Crippen LogP contribution in [0.25, 0.3) is 0 Å². The minimum Gasteiger partial charge on any atom is -0.497 e. The summed E-state index contributed by atoms with van der Waals surface area (Å²) in [6, 6.07) is 10.8. The molecule has 0 amide bonds. The number of carboxylic acid groups (broad SMARTS) is 1. The summed E-state index contributed by atoms with van der Waals surface area (Å²) in [4.78, 5) is 41.9. The number of rotatable bonds is 6. The van der Waals surface area contributed by atoms with Crippen LogP contribution in [-0.4, -0.2) is 49.3 Å². The van der Waals surface area contributed by atoms with Crippen LogP contribution in [0.4, 0.5) is 0 Å². The largest absolute Gasteiger partial charge is 0.497 e. The van der Waals surface area contributed by atoms with Crippen LogP contribution in [0.2, 0.25) is 0 Å². The smallest absolute Gasteiger partial charge is 0.320 e. The van der Waals surface area contributed by atoms with E-state index in [1.165, 1.54) is 13.8 Å². The van der Waals surface area contributed by atoms with E-state index in [0.717, 1.165) is 26.5 Å². The van der Waals surface area contributed by atoms with Crippen molar-refractivity contribution >= 4 is 56.1 Å². The highest BCUT2D eigenvalue weighted by atomic mass is 79.9. The van der Waals surface area contributed by atoms with E-state index in [1.807, 2.05) is 18.2 Å². The number of carbonyl (C=O) groups is 4. The fourth-order valence-corrected chi connectivity index (χ4v) is 3.67. The SMILES string of the molecule is CC1(C)OC(=O)CC(=O)O1.COc1cc(Br)cc(C=O)c1.COc1cc(Br)cc(CCC(=O)O)c1. The summed E-state index contributed by atoms with van der Waals surface area (Å²) in [6.07, 6.45) is 1.17. The third kappa shape index (κ3) is 12.4. The number of hydrogen-bond donors (Lipinski definition) is 1. The Hall–Kier alpha value is -2.92. The van der Waals surface area contributed by atoms with Crippen LogP contribution >= 0.6 is 31.9 Å². The summed E-state index contributed by atoms with van der Waals surface area (Å²) in [5.41, 5.74) is 1.56. The number of carboxylic acids is 1. The lowest BCUT2D eigenvalue weighted by molar-refractivity contribution is -0.231. The lowest BCUT2D eigenvalue weighted by atomic mass is 10.1. The van der Waals surface area contributed by atoms with Crippen molar-refractivity contribution in [2.75, 3.05) is 14.2 Å². The van der Waals surface area contributed by atoms with Crippen LogP contribution < -0.4 is 9.47 Å². The van der Waals surface area contributed by atoms with Crippen molar-refractivity contribution in [3.8, 4) is 11.5 Å². The Balaban J connectivity index is 0.000000267. The molecule has 0 spiro atoms. The predicted molar refractivity (Wildman–Crippen MR) is 134 cm³/mol. The fourth-order valence-electron chi connectivity index (χ4n) is 2.66. The monoisotopic (exact) mass is 616 g/mol. The van der Waals surface area contributed by atoms with E-state index < -0.39 is 23.7 Å². The summed E-state index contributed by atoms with van der Waals surface area (Å²) in [7, 11) is 3.15. The van der Waals surface area contributed by atoms with E-state index in [1.54, 1.807) is 32.4 Å². The van der Waals surface area contributed by atoms with Crippen LogP contribution in [-0.2, 0) is 30.3 Å². The van der Waals surface area contributed by atoms with Crippen molar-refractivity contribution in [3.63, 3.8) is 0 Å². The maximum absolute atomic E-state index is 10.6. The number of halogens is 2. The zero-order valence-electron chi connectivity index (χ0n) is 19.6. The van der Waals surface area contributed by atoms with Gasteiger partial charge in [0.1, 0.15) is 24.2 Å². The molecule has 1 aliphatic rings. The van der Waals surface area contributed by atoms with E-state index in [0.29, 0.717) is 17.7 Å². The third-order valence-electron chi connectivity index (χ3n) is 4.07. The molecule has 0 unspecified atom stereocenters. The van der Waals surface area contributed by atoms with Gasteiger partial charge in [0, 0.05) is 34.8 Å². The average Bonchev–Trinajstić information content (AvgIpc) is 2.76. The van der Waals surface area contributed by atoms with Crippen LogP contribution in [0.5, 0.6) is 11.5 Å². The van der Waals surface area contributed by atoms with Gasteiger partial charge in [0.25, 0.3) is 5.79 Å². The molecule has 0 bridgehead atoms. The second kappa shape index (κ2) is 14.5. The van der Waals surface area contributed by atoms with E-state index in [9.17, 15) is 19.2 Å². The molecular weight excluding hydrogens is 592 g/mol. The molecule has 1 fully saturated rings. The first-order chi connectivity index (χ1) is 16.4. The summed E-state index contributed by atoms with van der Waals surface area (Å²) in [6.45, 7) is 3.03. The number of methoxy groups -OCH3 is 2. The number of cyclic esters (lactones) is 2. The van der Waals surface area contributed by atoms with E-state index >= 15 is 0 Å². The molecule has 3 rings (SSSR count). The predicted octanol–water partition coefficient (Wildman–Crippen LogP) is 4.96. The van der Waals surface area contributed by atoms with Gasteiger partial charge in [-0.1, -0.05) is 31.9 Å².